The summed E-state index contributed by atoms with van der Waals surface area (Å²) in [7, 11) is 0. The number of piperidine rings is 1. The molecule has 1 aromatic carbocycles. The highest BCUT2D eigenvalue weighted by atomic mass is 16.5. The molecule has 3 nitrogen and oxygen atoms in total. The fourth-order valence-electron chi connectivity index (χ4n) is 3.26. The molecule has 0 aliphatic carbocycles. The first kappa shape index (κ1) is 14.1. The number of rotatable bonds is 4. The van der Waals surface area contributed by atoms with Gasteiger partial charge in [-0.25, -0.2) is 0 Å². The van der Waals surface area contributed by atoms with Crippen LogP contribution in [0.2, 0.25) is 0 Å². The summed E-state index contributed by atoms with van der Waals surface area (Å²) in [4.78, 5) is 2.49. The van der Waals surface area contributed by atoms with Crippen molar-refractivity contribution in [2.45, 2.75) is 38.3 Å². The van der Waals surface area contributed by atoms with Gasteiger partial charge in [0.2, 0.25) is 0 Å². The van der Waals surface area contributed by atoms with Crippen LogP contribution in [0.3, 0.4) is 0 Å². The van der Waals surface area contributed by atoms with Crippen molar-refractivity contribution < 1.29 is 4.74 Å². The van der Waals surface area contributed by atoms with Crippen LogP contribution >= 0.6 is 0 Å². The second kappa shape index (κ2) is 7.21. The first-order valence-electron chi connectivity index (χ1n) is 8.01. The van der Waals surface area contributed by atoms with Gasteiger partial charge in [0.05, 0.1) is 13.2 Å². The first-order valence-corrected chi connectivity index (χ1v) is 8.01. The summed E-state index contributed by atoms with van der Waals surface area (Å²) in [6.07, 6.45) is 5.23. The molecule has 0 amide bonds. The van der Waals surface area contributed by atoms with E-state index in [0.29, 0.717) is 6.04 Å². The van der Waals surface area contributed by atoms with Crippen molar-refractivity contribution >= 4 is 0 Å². The topological polar surface area (TPSA) is 24.5 Å². The lowest BCUT2D eigenvalue weighted by atomic mass is 9.97. The Morgan fingerprint density at radius 3 is 2.80 bits per heavy atom. The number of hydrogen-bond donors (Lipinski definition) is 1. The molecule has 20 heavy (non-hydrogen) atoms. The Morgan fingerprint density at radius 1 is 1.15 bits per heavy atom. The second-order valence-electron chi connectivity index (χ2n) is 6.06. The van der Waals surface area contributed by atoms with Crippen LogP contribution in [0.5, 0.6) is 0 Å². The summed E-state index contributed by atoms with van der Waals surface area (Å²) in [6, 6.07) is 9.83. The Bertz CT molecular complexity index is 374. The summed E-state index contributed by atoms with van der Waals surface area (Å²) in [6.45, 7) is 6.15. The van der Waals surface area contributed by atoms with Gasteiger partial charge in [0.25, 0.3) is 0 Å². The molecule has 0 saturated carbocycles. The lowest BCUT2D eigenvalue weighted by Gasteiger charge is -2.27. The molecule has 1 N–H and O–H groups in total. The maximum absolute atomic E-state index is 5.41. The Hall–Kier alpha value is -0.900. The summed E-state index contributed by atoms with van der Waals surface area (Å²) >= 11 is 0. The maximum Gasteiger partial charge on any atom is 0.0594 e. The van der Waals surface area contributed by atoms with E-state index in [1.165, 1.54) is 43.4 Å². The molecule has 2 heterocycles. The molecule has 2 aliphatic rings. The minimum Gasteiger partial charge on any atom is -0.379 e. The molecule has 0 radical (unpaired) electrons. The fraction of sp³-hybridized carbons (Fsp3) is 0.647. The van der Waals surface area contributed by atoms with Crippen LogP contribution in [0.25, 0.3) is 0 Å². The van der Waals surface area contributed by atoms with Gasteiger partial charge in [0, 0.05) is 25.7 Å². The monoisotopic (exact) mass is 274 g/mol. The van der Waals surface area contributed by atoms with E-state index in [9.17, 15) is 0 Å². The number of nitrogens with one attached hydrogen (secondary N) is 1. The number of nitrogens with zero attached hydrogens (tertiary/aromatic N) is 1. The third kappa shape index (κ3) is 4.05. The average Bonchev–Trinajstić information content (AvgIpc) is 2.50. The highest BCUT2D eigenvalue weighted by Crippen LogP contribution is 2.15. The van der Waals surface area contributed by atoms with Gasteiger partial charge in [-0.2, -0.15) is 0 Å². The van der Waals surface area contributed by atoms with Crippen molar-refractivity contribution in [3.05, 3.63) is 35.4 Å². The van der Waals surface area contributed by atoms with Crippen LogP contribution in [0.4, 0.5) is 0 Å². The second-order valence-corrected chi connectivity index (χ2v) is 6.06. The normalized spacial score (nSPS) is 24.7. The van der Waals surface area contributed by atoms with Gasteiger partial charge in [-0.15, -0.1) is 0 Å². The Kier molecular flexibility index (Phi) is 5.06. The van der Waals surface area contributed by atoms with Gasteiger partial charge < -0.3 is 10.1 Å². The predicted octanol–water partition coefficient (Wildman–Crippen LogP) is 2.20. The van der Waals surface area contributed by atoms with Gasteiger partial charge in [-0.05, 0) is 36.9 Å². The minimum absolute atomic E-state index is 0.683. The van der Waals surface area contributed by atoms with Crippen LogP contribution in [0.1, 0.15) is 30.4 Å². The van der Waals surface area contributed by atoms with Crippen molar-refractivity contribution in [2.24, 2.45) is 0 Å². The SMILES string of the molecule is c1cc(CC2CCCCN2)cc(CN2CCOCC2)c1. The summed E-state index contributed by atoms with van der Waals surface area (Å²) in [5, 5.41) is 3.64. The first-order chi connectivity index (χ1) is 9.90. The average molecular weight is 274 g/mol. The van der Waals surface area contributed by atoms with Crippen molar-refractivity contribution in [2.75, 3.05) is 32.8 Å². The largest absolute Gasteiger partial charge is 0.379 e. The van der Waals surface area contributed by atoms with Crippen molar-refractivity contribution in [3.8, 4) is 0 Å². The highest BCUT2D eigenvalue weighted by Gasteiger charge is 2.14. The van der Waals surface area contributed by atoms with Crippen LogP contribution in [-0.2, 0) is 17.7 Å². The molecule has 0 bridgehead atoms. The quantitative estimate of drug-likeness (QED) is 0.911. The lowest BCUT2D eigenvalue weighted by Crippen LogP contribution is -2.36. The van der Waals surface area contributed by atoms with E-state index in [-0.39, 0.29) is 0 Å². The van der Waals surface area contributed by atoms with Crippen LogP contribution in [0.15, 0.2) is 24.3 Å². The molecule has 1 atom stereocenters. The van der Waals surface area contributed by atoms with Gasteiger partial charge in [0.1, 0.15) is 0 Å². The number of hydrogen-bond acceptors (Lipinski definition) is 3. The summed E-state index contributed by atoms with van der Waals surface area (Å²) in [5.41, 5.74) is 2.93. The van der Waals surface area contributed by atoms with E-state index in [1.54, 1.807) is 0 Å². The maximum atomic E-state index is 5.41. The van der Waals surface area contributed by atoms with E-state index in [1.807, 2.05) is 0 Å². The third-order valence-corrected chi connectivity index (χ3v) is 4.40. The molecule has 2 saturated heterocycles. The molecular formula is C17H26N2O. The van der Waals surface area contributed by atoms with E-state index in [0.717, 1.165) is 32.8 Å². The molecule has 2 aliphatic heterocycles. The standard InChI is InChI=1S/C17H26N2O/c1-2-7-18-17(6-1)13-15-4-3-5-16(12-15)14-19-8-10-20-11-9-19/h3-5,12,17-18H,1-2,6-11,13-14H2. The zero-order valence-electron chi connectivity index (χ0n) is 12.3. The zero-order chi connectivity index (χ0) is 13.6. The smallest absolute Gasteiger partial charge is 0.0594 e. The van der Waals surface area contributed by atoms with Crippen molar-refractivity contribution in [1.29, 1.82) is 0 Å². The van der Waals surface area contributed by atoms with E-state index >= 15 is 0 Å². The predicted molar refractivity (Wildman–Crippen MR) is 81.9 cm³/mol. The Balaban J connectivity index is 1.57. The van der Waals surface area contributed by atoms with Crippen molar-refractivity contribution in [1.82, 2.24) is 10.2 Å². The molecule has 1 unspecified atom stereocenters. The molecule has 2 fully saturated rings. The fourth-order valence-corrected chi connectivity index (χ4v) is 3.26. The van der Waals surface area contributed by atoms with Gasteiger partial charge in [-0.3, -0.25) is 4.90 Å². The number of benzene rings is 1. The Morgan fingerprint density at radius 2 is 2.00 bits per heavy atom. The molecule has 0 aromatic heterocycles. The van der Waals surface area contributed by atoms with E-state index < -0.39 is 0 Å². The zero-order valence-corrected chi connectivity index (χ0v) is 12.3. The molecule has 0 spiro atoms. The summed E-state index contributed by atoms with van der Waals surface area (Å²) < 4.78 is 5.41. The highest BCUT2D eigenvalue weighted by molar-refractivity contribution is 5.24. The van der Waals surface area contributed by atoms with E-state index in [2.05, 4.69) is 34.5 Å². The third-order valence-electron chi connectivity index (χ3n) is 4.40. The lowest BCUT2D eigenvalue weighted by molar-refractivity contribution is 0.0342. The van der Waals surface area contributed by atoms with Gasteiger partial charge in [0.15, 0.2) is 0 Å². The molecule has 1 aromatic rings. The van der Waals surface area contributed by atoms with Crippen LogP contribution in [0, 0.1) is 0 Å². The van der Waals surface area contributed by atoms with E-state index in [4.69, 9.17) is 4.74 Å². The van der Waals surface area contributed by atoms with Gasteiger partial charge in [-0.1, -0.05) is 30.7 Å². The van der Waals surface area contributed by atoms with Crippen molar-refractivity contribution in [3.63, 3.8) is 0 Å². The molecule has 110 valence electrons. The number of morpholine rings is 1. The minimum atomic E-state index is 0.683. The van der Waals surface area contributed by atoms with Crippen LogP contribution < -0.4 is 5.32 Å². The molecule has 3 heteroatoms. The Labute approximate surface area is 122 Å². The van der Waals surface area contributed by atoms with Crippen LogP contribution in [-0.4, -0.2) is 43.8 Å². The molecule has 3 rings (SSSR count). The summed E-state index contributed by atoms with van der Waals surface area (Å²) in [5.74, 6) is 0. The number of ether oxygens (including phenoxy) is 1. The molecular weight excluding hydrogens is 248 g/mol. The van der Waals surface area contributed by atoms with Gasteiger partial charge >= 0.3 is 0 Å².